The molecule has 1 aromatic carbocycles. The summed E-state index contributed by atoms with van der Waals surface area (Å²) in [5, 5.41) is 10.4. The molecule has 0 atom stereocenters. The number of hydrogen-bond donors (Lipinski definition) is 0. The summed E-state index contributed by atoms with van der Waals surface area (Å²) < 4.78 is 0. The van der Waals surface area contributed by atoms with Gasteiger partial charge in [0.2, 0.25) is 0 Å². The maximum atomic E-state index is 10.4. The molecule has 0 bridgehead atoms. The maximum absolute atomic E-state index is 10.4. The van der Waals surface area contributed by atoms with Crippen LogP contribution in [0.2, 0.25) is 0 Å². The number of rotatable bonds is 1. The van der Waals surface area contributed by atoms with Crippen LogP contribution in [0.4, 0.5) is 5.69 Å². The average molecular weight is 150 g/mol. The minimum Gasteiger partial charge on any atom is -0.258 e. The van der Waals surface area contributed by atoms with Crippen molar-refractivity contribution in [3.05, 3.63) is 39.4 Å². The maximum Gasteiger partial charge on any atom is 0.273 e. The largest absolute Gasteiger partial charge is 0.273 e. The molecule has 3 nitrogen and oxygen atoms in total. The second kappa shape index (κ2) is 2.70. The standard InChI is InChI=1S/C8H8NO2/c1-6-4-3-5-8(7(6)2)9(10)11/h4-5H,1-2H3. The van der Waals surface area contributed by atoms with Crippen LogP contribution in [0.1, 0.15) is 11.1 Å². The van der Waals surface area contributed by atoms with Crippen LogP contribution in [0.25, 0.3) is 0 Å². The summed E-state index contributed by atoms with van der Waals surface area (Å²) in [6.45, 7) is 3.57. The molecule has 1 radical (unpaired) electrons. The van der Waals surface area contributed by atoms with E-state index in [0.717, 1.165) is 5.56 Å². The Morgan fingerprint density at radius 1 is 1.45 bits per heavy atom. The van der Waals surface area contributed by atoms with E-state index in [9.17, 15) is 10.1 Å². The van der Waals surface area contributed by atoms with Gasteiger partial charge in [-0.05, 0) is 25.5 Å². The minimum atomic E-state index is -0.390. The molecular weight excluding hydrogens is 142 g/mol. The third-order valence-electron chi connectivity index (χ3n) is 1.69. The zero-order chi connectivity index (χ0) is 8.43. The molecule has 0 fully saturated rings. The van der Waals surface area contributed by atoms with Crippen molar-refractivity contribution in [2.45, 2.75) is 13.8 Å². The van der Waals surface area contributed by atoms with E-state index in [-0.39, 0.29) is 5.69 Å². The molecule has 0 aliphatic rings. The van der Waals surface area contributed by atoms with Gasteiger partial charge in [-0.25, -0.2) is 0 Å². The highest BCUT2D eigenvalue weighted by atomic mass is 16.6. The van der Waals surface area contributed by atoms with E-state index < -0.39 is 4.92 Å². The van der Waals surface area contributed by atoms with Crippen molar-refractivity contribution in [2.75, 3.05) is 0 Å². The molecule has 0 unspecified atom stereocenters. The van der Waals surface area contributed by atoms with Crippen LogP contribution in [-0.2, 0) is 0 Å². The SMILES string of the molecule is Cc1c[c]cc([N+](=O)[O-])c1C. The summed E-state index contributed by atoms with van der Waals surface area (Å²) in [6, 6.07) is 5.84. The van der Waals surface area contributed by atoms with Crippen molar-refractivity contribution in [1.29, 1.82) is 0 Å². The van der Waals surface area contributed by atoms with Crippen LogP contribution in [0.5, 0.6) is 0 Å². The van der Waals surface area contributed by atoms with Gasteiger partial charge in [0.05, 0.1) is 4.92 Å². The Balaban J connectivity index is 3.27. The van der Waals surface area contributed by atoms with E-state index in [1.165, 1.54) is 6.07 Å². The fourth-order valence-corrected chi connectivity index (χ4v) is 0.854. The number of nitro benzene ring substituents is 1. The molecule has 0 saturated carbocycles. The van der Waals surface area contributed by atoms with E-state index in [1.54, 1.807) is 13.0 Å². The Morgan fingerprint density at radius 2 is 2.09 bits per heavy atom. The molecule has 0 aromatic heterocycles. The van der Waals surface area contributed by atoms with Crippen LogP contribution in [0.15, 0.2) is 12.1 Å². The lowest BCUT2D eigenvalue weighted by Gasteiger charge is -1.98. The lowest BCUT2D eigenvalue weighted by Crippen LogP contribution is -1.92. The summed E-state index contributed by atoms with van der Waals surface area (Å²) in [7, 11) is 0. The van der Waals surface area contributed by atoms with Crippen LogP contribution in [-0.4, -0.2) is 4.92 Å². The van der Waals surface area contributed by atoms with Gasteiger partial charge < -0.3 is 0 Å². The normalized spacial score (nSPS) is 9.64. The van der Waals surface area contributed by atoms with Gasteiger partial charge >= 0.3 is 0 Å². The average Bonchev–Trinajstić information content (AvgIpc) is 1.94. The van der Waals surface area contributed by atoms with Crippen LogP contribution < -0.4 is 0 Å². The molecule has 3 heteroatoms. The fourth-order valence-electron chi connectivity index (χ4n) is 0.854. The third-order valence-corrected chi connectivity index (χ3v) is 1.69. The summed E-state index contributed by atoms with van der Waals surface area (Å²) in [4.78, 5) is 9.97. The number of benzene rings is 1. The van der Waals surface area contributed by atoms with E-state index in [4.69, 9.17) is 0 Å². The first-order valence-electron chi connectivity index (χ1n) is 3.24. The first kappa shape index (κ1) is 7.72. The van der Waals surface area contributed by atoms with E-state index in [2.05, 4.69) is 6.07 Å². The zero-order valence-electron chi connectivity index (χ0n) is 6.42. The van der Waals surface area contributed by atoms with Crippen LogP contribution >= 0.6 is 0 Å². The zero-order valence-corrected chi connectivity index (χ0v) is 6.42. The highest BCUT2D eigenvalue weighted by molar-refractivity contribution is 5.43. The molecule has 1 rings (SSSR count). The van der Waals surface area contributed by atoms with E-state index >= 15 is 0 Å². The van der Waals surface area contributed by atoms with Gasteiger partial charge in [-0.15, -0.1) is 0 Å². The van der Waals surface area contributed by atoms with Crippen molar-refractivity contribution in [2.24, 2.45) is 0 Å². The topological polar surface area (TPSA) is 43.1 Å². The van der Waals surface area contributed by atoms with E-state index in [1.807, 2.05) is 6.92 Å². The molecule has 11 heavy (non-hydrogen) atoms. The number of hydrogen-bond acceptors (Lipinski definition) is 2. The second-order valence-corrected chi connectivity index (χ2v) is 2.41. The molecule has 0 saturated heterocycles. The Bertz CT molecular complexity index is 294. The molecule has 0 aliphatic carbocycles. The van der Waals surface area contributed by atoms with Crippen molar-refractivity contribution in [3.8, 4) is 0 Å². The minimum absolute atomic E-state index is 0.144. The van der Waals surface area contributed by atoms with Crippen LogP contribution in [0.3, 0.4) is 0 Å². The molecule has 57 valence electrons. The smallest absolute Gasteiger partial charge is 0.258 e. The highest BCUT2D eigenvalue weighted by Crippen LogP contribution is 2.19. The Hall–Kier alpha value is -1.38. The number of nitro groups is 1. The van der Waals surface area contributed by atoms with E-state index in [0.29, 0.717) is 5.56 Å². The second-order valence-electron chi connectivity index (χ2n) is 2.41. The monoisotopic (exact) mass is 150 g/mol. The van der Waals surface area contributed by atoms with Gasteiger partial charge in [-0.1, -0.05) is 6.07 Å². The lowest BCUT2D eigenvalue weighted by atomic mass is 10.1. The molecule has 0 heterocycles. The summed E-state index contributed by atoms with van der Waals surface area (Å²) in [5.74, 6) is 0. The lowest BCUT2D eigenvalue weighted by molar-refractivity contribution is -0.385. The van der Waals surface area contributed by atoms with Crippen molar-refractivity contribution in [1.82, 2.24) is 0 Å². The van der Waals surface area contributed by atoms with Gasteiger partial charge in [-0.3, -0.25) is 10.1 Å². The Kier molecular flexibility index (Phi) is 1.89. The summed E-state index contributed by atoms with van der Waals surface area (Å²) in [6.07, 6.45) is 0. The molecule has 0 aliphatic heterocycles. The third kappa shape index (κ3) is 1.37. The predicted molar refractivity (Wildman–Crippen MR) is 41.4 cm³/mol. The molecular formula is C8H8NO2. The number of nitrogens with zero attached hydrogens (tertiary/aromatic N) is 1. The molecule has 0 spiro atoms. The van der Waals surface area contributed by atoms with Gasteiger partial charge in [0, 0.05) is 11.6 Å². The van der Waals surface area contributed by atoms with Crippen LogP contribution in [0, 0.1) is 30.0 Å². The summed E-state index contributed by atoms with van der Waals surface area (Å²) in [5.41, 5.74) is 1.76. The Morgan fingerprint density at radius 3 is 2.55 bits per heavy atom. The molecule has 1 aromatic rings. The van der Waals surface area contributed by atoms with Gasteiger partial charge in [0.1, 0.15) is 0 Å². The highest BCUT2D eigenvalue weighted by Gasteiger charge is 2.09. The first-order chi connectivity index (χ1) is 5.13. The Labute approximate surface area is 64.8 Å². The predicted octanol–water partition coefficient (Wildman–Crippen LogP) is 2.01. The van der Waals surface area contributed by atoms with Crippen molar-refractivity contribution >= 4 is 5.69 Å². The quantitative estimate of drug-likeness (QED) is 0.454. The fraction of sp³-hybridized carbons (Fsp3) is 0.250. The van der Waals surface area contributed by atoms with Gasteiger partial charge in [0.15, 0.2) is 0 Å². The molecule has 0 amide bonds. The molecule has 0 N–H and O–H groups in total. The van der Waals surface area contributed by atoms with Crippen molar-refractivity contribution in [3.63, 3.8) is 0 Å². The van der Waals surface area contributed by atoms with Gasteiger partial charge in [0.25, 0.3) is 5.69 Å². The first-order valence-corrected chi connectivity index (χ1v) is 3.24. The number of aryl methyl sites for hydroxylation is 1. The summed E-state index contributed by atoms with van der Waals surface area (Å²) >= 11 is 0. The van der Waals surface area contributed by atoms with Crippen molar-refractivity contribution < 1.29 is 4.92 Å². The van der Waals surface area contributed by atoms with Gasteiger partial charge in [-0.2, -0.15) is 0 Å².